The molecule has 0 unspecified atom stereocenters. The molecule has 0 spiro atoms. The topological polar surface area (TPSA) is 62.3 Å². The van der Waals surface area contributed by atoms with Crippen molar-refractivity contribution in [2.75, 3.05) is 6.61 Å². The minimum atomic E-state index is -0.946. The zero-order chi connectivity index (χ0) is 10.4. The van der Waals surface area contributed by atoms with Crippen molar-refractivity contribution in [3.05, 3.63) is 29.5 Å². The summed E-state index contributed by atoms with van der Waals surface area (Å²) in [5.41, 5.74) is 2.17. The predicted octanol–water partition coefficient (Wildman–Crippen LogP) is 1.80. The number of hydrogen-bond acceptors (Lipinski definition) is 2. The molecule has 0 aliphatic carbocycles. The zero-order valence-electron chi connectivity index (χ0n) is 7.91. The third-order valence-electron chi connectivity index (χ3n) is 2.68. The number of benzene rings is 1. The Hall–Kier alpha value is -1.97. The van der Waals surface area contributed by atoms with E-state index in [0.717, 1.165) is 28.6 Å². The van der Waals surface area contributed by atoms with Crippen LogP contribution in [0.4, 0.5) is 0 Å². The van der Waals surface area contributed by atoms with Crippen LogP contribution in [0.5, 0.6) is 5.75 Å². The van der Waals surface area contributed by atoms with Gasteiger partial charge in [0.2, 0.25) is 0 Å². The van der Waals surface area contributed by atoms with Crippen LogP contribution in [-0.4, -0.2) is 22.7 Å². The van der Waals surface area contributed by atoms with Crippen molar-refractivity contribution < 1.29 is 14.6 Å². The Morgan fingerprint density at radius 1 is 1.47 bits per heavy atom. The molecule has 1 aromatic carbocycles. The minimum Gasteiger partial charge on any atom is -0.492 e. The summed E-state index contributed by atoms with van der Waals surface area (Å²) in [5, 5.41) is 9.73. The number of carboxylic acids is 1. The highest BCUT2D eigenvalue weighted by Gasteiger charge is 2.18. The lowest BCUT2D eigenvalue weighted by molar-refractivity contribution is 0.0691. The van der Waals surface area contributed by atoms with Crippen LogP contribution in [-0.2, 0) is 6.42 Å². The zero-order valence-corrected chi connectivity index (χ0v) is 7.91. The first-order valence-corrected chi connectivity index (χ1v) is 4.76. The van der Waals surface area contributed by atoms with Crippen LogP contribution in [0.3, 0.4) is 0 Å². The lowest BCUT2D eigenvalue weighted by Gasteiger charge is -1.99. The van der Waals surface area contributed by atoms with Crippen LogP contribution < -0.4 is 4.74 Å². The number of H-pyrrole nitrogens is 1. The van der Waals surface area contributed by atoms with E-state index in [1.165, 1.54) is 0 Å². The van der Waals surface area contributed by atoms with Gasteiger partial charge in [-0.25, -0.2) is 4.79 Å². The molecule has 4 heteroatoms. The Labute approximate surface area is 85.5 Å². The first-order chi connectivity index (χ1) is 7.25. The minimum absolute atomic E-state index is 0.203. The van der Waals surface area contributed by atoms with Crippen molar-refractivity contribution in [3.63, 3.8) is 0 Å². The number of carboxylic acid groups (broad SMARTS) is 1. The van der Waals surface area contributed by atoms with Gasteiger partial charge in [0.05, 0.1) is 6.61 Å². The van der Waals surface area contributed by atoms with Gasteiger partial charge < -0.3 is 14.8 Å². The maximum atomic E-state index is 10.8. The second kappa shape index (κ2) is 2.76. The van der Waals surface area contributed by atoms with Gasteiger partial charge in [0.25, 0.3) is 0 Å². The maximum Gasteiger partial charge on any atom is 0.352 e. The van der Waals surface area contributed by atoms with E-state index in [1.54, 1.807) is 6.07 Å². The van der Waals surface area contributed by atoms with Gasteiger partial charge in [-0.05, 0) is 17.7 Å². The SMILES string of the molecule is O=C(O)c1cc2c3c(ccc2[nH]1)CCO3. The molecule has 0 atom stereocenters. The number of aromatic amines is 1. The molecule has 0 bridgehead atoms. The van der Waals surface area contributed by atoms with Crippen molar-refractivity contribution in [3.8, 4) is 5.75 Å². The number of carbonyl (C=O) groups is 1. The van der Waals surface area contributed by atoms with Crippen LogP contribution in [0, 0.1) is 0 Å². The number of ether oxygens (including phenoxy) is 1. The summed E-state index contributed by atoms with van der Waals surface area (Å²) >= 11 is 0. The van der Waals surface area contributed by atoms with E-state index in [1.807, 2.05) is 12.1 Å². The Morgan fingerprint density at radius 2 is 2.33 bits per heavy atom. The molecule has 76 valence electrons. The quantitative estimate of drug-likeness (QED) is 0.742. The molecule has 3 rings (SSSR count). The molecular weight excluding hydrogens is 194 g/mol. The fraction of sp³-hybridized carbons (Fsp3) is 0.182. The molecule has 2 N–H and O–H groups in total. The van der Waals surface area contributed by atoms with Gasteiger partial charge in [0.1, 0.15) is 11.4 Å². The van der Waals surface area contributed by atoms with Gasteiger partial charge in [-0.3, -0.25) is 0 Å². The van der Waals surface area contributed by atoms with Crippen molar-refractivity contribution in [2.45, 2.75) is 6.42 Å². The van der Waals surface area contributed by atoms with Crippen LogP contribution in [0.2, 0.25) is 0 Å². The van der Waals surface area contributed by atoms with Gasteiger partial charge in [-0.15, -0.1) is 0 Å². The smallest absolute Gasteiger partial charge is 0.352 e. The summed E-state index contributed by atoms with van der Waals surface area (Å²) in [6.07, 6.45) is 0.902. The van der Waals surface area contributed by atoms with E-state index in [4.69, 9.17) is 9.84 Å². The van der Waals surface area contributed by atoms with E-state index in [0.29, 0.717) is 6.61 Å². The Morgan fingerprint density at radius 3 is 3.13 bits per heavy atom. The molecule has 0 saturated carbocycles. The van der Waals surface area contributed by atoms with Crippen molar-refractivity contribution in [2.24, 2.45) is 0 Å². The second-order valence-corrected chi connectivity index (χ2v) is 3.60. The summed E-state index contributed by atoms with van der Waals surface area (Å²) in [6.45, 7) is 0.683. The molecular formula is C11H9NO3. The standard InChI is InChI=1S/C11H9NO3/c13-11(14)9-5-7-8(12-9)2-1-6-3-4-15-10(6)7/h1-2,5,12H,3-4H2,(H,13,14). The lowest BCUT2D eigenvalue weighted by atomic mass is 10.1. The Balaban J connectivity index is 2.31. The van der Waals surface area contributed by atoms with Gasteiger partial charge in [0, 0.05) is 17.3 Å². The summed E-state index contributed by atoms with van der Waals surface area (Å²) in [7, 11) is 0. The van der Waals surface area contributed by atoms with Gasteiger partial charge in [-0.2, -0.15) is 0 Å². The summed E-state index contributed by atoms with van der Waals surface area (Å²) in [4.78, 5) is 13.6. The van der Waals surface area contributed by atoms with E-state index >= 15 is 0 Å². The third kappa shape index (κ3) is 1.11. The fourth-order valence-corrected chi connectivity index (χ4v) is 1.97. The number of hydrogen-bond donors (Lipinski definition) is 2. The van der Waals surface area contributed by atoms with E-state index < -0.39 is 5.97 Å². The normalized spacial score (nSPS) is 13.9. The fourth-order valence-electron chi connectivity index (χ4n) is 1.97. The van der Waals surface area contributed by atoms with E-state index in [-0.39, 0.29) is 5.69 Å². The Bertz CT molecular complexity index is 556. The lowest BCUT2D eigenvalue weighted by Crippen LogP contribution is -1.94. The highest BCUT2D eigenvalue weighted by atomic mass is 16.5. The third-order valence-corrected chi connectivity index (χ3v) is 2.68. The van der Waals surface area contributed by atoms with Crippen LogP contribution in [0.15, 0.2) is 18.2 Å². The average molecular weight is 203 g/mol. The van der Waals surface area contributed by atoms with Gasteiger partial charge in [-0.1, -0.05) is 6.07 Å². The molecule has 0 fully saturated rings. The monoisotopic (exact) mass is 203 g/mol. The highest BCUT2D eigenvalue weighted by Crippen LogP contribution is 2.34. The summed E-state index contributed by atoms with van der Waals surface area (Å²) in [5.74, 6) is -0.116. The van der Waals surface area contributed by atoms with Crippen molar-refractivity contribution in [1.82, 2.24) is 4.98 Å². The molecule has 4 nitrogen and oxygen atoms in total. The second-order valence-electron chi connectivity index (χ2n) is 3.60. The molecule has 15 heavy (non-hydrogen) atoms. The number of rotatable bonds is 1. The molecule has 2 heterocycles. The predicted molar refractivity (Wildman–Crippen MR) is 54.5 cm³/mol. The average Bonchev–Trinajstić information content (AvgIpc) is 2.82. The highest BCUT2D eigenvalue weighted by molar-refractivity contribution is 5.97. The molecule has 1 aliphatic rings. The van der Waals surface area contributed by atoms with Crippen LogP contribution >= 0.6 is 0 Å². The maximum absolute atomic E-state index is 10.8. The molecule has 1 aromatic heterocycles. The van der Waals surface area contributed by atoms with Crippen molar-refractivity contribution >= 4 is 16.9 Å². The number of aromatic carboxylic acids is 1. The van der Waals surface area contributed by atoms with Gasteiger partial charge in [0.15, 0.2) is 0 Å². The van der Waals surface area contributed by atoms with Crippen LogP contribution in [0.1, 0.15) is 16.1 Å². The molecule has 0 amide bonds. The molecule has 2 aromatic rings. The number of nitrogens with one attached hydrogen (secondary N) is 1. The Kier molecular flexibility index (Phi) is 1.54. The summed E-state index contributed by atoms with van der Waals surface area (Å²) in [6, 6.07) is 5.50. The molecule has 0 saturated heterocycles. The van der Waals surface area contributed by atoms with Crippen LogP contribution in [0.25, 0.3) is 10.9 Å². The van der Waals surface area contributed by atoms with Crippen molar-refractivity contribution in [1.29, 1.82) is 0 Å². The first kappa shape index (κ1) is 8.35. The van der Waals surface area contributed by atoms with E-state index in [2.05, 4.69) is 4.98 Å². The molecule has 0 radical (unpaired) electrons. The number of aromatic nitrogens is 1. The largest absolute Gasteiger partial charge is 0.492 e. The van der Waals surface area contributed by atoms with Gasteiger partial charge >= 0.3 is 5.97 Å². The first-order valence-electron chi connectivity index (χ1n) is 4.76. The van der Waals surface area contributed by atoms with E-state index in [9.17, 15) is 4.79 Å². The molecule has 1 aliphatic heterocycles. The summed E-state index contributed by atoms with van der Waals surface area (Å²) < 4.78 is 5.49. The number of fused-ring (bicyclic) bond motifs is 3.